The molecule has 0 radical (unpaired) electrons. The highest BCUT2D eigenvalue weighted by molar-refractivity contribution is 9.09. The molecule has 0 aliphatic heterocycles. The Morgan fingerprint density at radius 2 is 1.94 bits per heavy atom. The Morgan fingerprint density at radius 1 is 1.22 bits per heavy atom. The third kappa shape index (κ3) is 3.27. The lowest BCUT2D eigenvalue weighted by Crippen LogP contribution is -1.80. The summed E-state index contributed by atoms with van der Waals surface area (Å²) >= 11 is 9.33. The van der Waals surface area contributed by atoms with Gasteiger partial charge in [-0.1, -0.05) is 40.0 Å². The van der Waals surface area contributed by atoms with E-state index in [1.54, 1.807) is 0 Å². The Labute approximate surface area is 121 Å². The minimum Gasteiger partial charge on any atom is -0.457 e. The molecule has 3 heteroatoms. The van der Waals surface area contributed by atoms with Crippen LogP contribution in [-0.2, 0) is 0 Å². The van der Waals surface area contributed by atoms with Crippen molar-refractivity contribution in [1.29, 1.82) is 0 Å². The maximum atomic E-state index is 5.87. The van der Waals surface area contributed by atoms with Crippen molar-refractivity contribution < 1.29 is 4.42 Å². The molecule has 0 saturated carbocycles. The molecule has 2 rings (SSSR count). The van der Waals surface area contributed by atoms with Crippen LogP contribution in [-0.4, -0.2) is 5.33 Å². The molecule has 1 heterocycles. The Balaban J connectivity index is 2.25. The molecule has 0 spiro atoms. The second-order valence-electron chi connectivity index (χ2n) is 4.00. The van der Waals surface area contributed by atoms with E-state index < -0.39 is 0 Å². The van der Waals surface area contributed by atoms with E-state index in [-0.39, 0.29) is 0 Å². The van der Waals surface area contributed by atoms with Crippen molar-refractivity contribution >= 4 is 33.6 Å². The van der Waals surface area contributed by atoms with Gasteiger partial charge in [-0.25, -0.2) is 0 Å². The molecule has 18 heavy (non-hydrogen) atoms. The van der Waals surface area contributed by atoms with Gasteiger partial charge in [0.1, 0.15) is 11.5 Å². The second kappa shape index (κ2) is 6.26. The van der Waals surface area contributed by atoms with Crippen LogP contribution in [0.5, 0.6) is 0 Å². The molecule has 0 aliphatic rings. The van der Waals surface area contributed by atoms with Crippen LogP contribution in [0.4, 0.5) is 0 Å². The van der Waals surface area contributed by atoms with E-state index in [1.165, 1.54) is 5.57 Å². The normalized spacial score (nSPS) is 11.8. The van der Waals surface area contributed by atoms with Gasteiger partial charge in [0, 0.05) is 15.9 Å². The van der Waals surface area contributed by atoms with Crippen molar-refractivity contribution in [1.82, 2.24) is 0 Å². The predicted octanol–water partition coefficient (Wildman–Crippen LogP) is 5.79. The van der Waals surface area contributed by atoms with Crippen LogP contribution in [0.2, 0.25) is 5.02 Å². The van der Waals surface area contributed by atoms with E-state index >= 15 is 0 Å². The summed E-state index contributed by atoms with van der Waals surface area (Å²) in [5, 5.41) is 1.61. The van der Waals surface area contributed by atoms with Gasteiger partial charge < -0.3 is 4.42 Å². The van der Waals surface area contributed by atoms with Gasteiger partial charge in [0.25, 0.3) is 0 Å². The number of furan rings is 1. The summed E-state index contributed by atoms with van der Waals surface area (Å²) in [6.45, 7) is 2.14. The van der Waals surface area contributed by atoms with Gasteiger partial charge >= 0.3 is 0 Å². The van der Waals surface area contributed by atoms with Gasteiger partial charge in [0.05, 0.1) is 0 Å². The number of benzene rings is 1. The van der Waals surface area contributed by atoms with Gasteiger partial charge in [0.2, 0.25) is 0 Å². The quantitative estimate of drug-likeness (QED) is 0.649. The second-order valence-corrected chi connectivity index (χ2v) is 5.00. The molecule has 1 aromatic carbocycles. The highest BCUT2D eigenvalue weighted by Crippen LogP contribution is 2.25. The standard InChI is InChI=1S/C15H14BrClO/c1-2-11(10-16)9-14-7-8-15(18-14)12-3-5-13(17)6-4-12/h3-9H,2,10H2,1H3. The van der Waals surface area contributed by atoms with E-state index in [9.17, 15) is 0 Å². The summed E-state index contributed by atoms with van der Waals surface area (Å²) in [6, 6.07) is 11.6. The van der Waals surface area contributed by atoms with E-state index in [2.05, 4.69) is 28.9 Å². The zero-order valence-corrected chi connectivity index (χ0v) is 12.5. The smallest absolute Gasteiger partial charge is 0.134 e. The minimum absolute atomic E-state index is 0.734. The molecule has 0 amide bonds. The molecule has 0 N–H and O–H groups in total. The van der Waals surface area contributed by atoms with Crippen LogP contribution in [0.25, 0.3) is 17.4 Å². The molecule has 94 valence electrons. The van der Waals surface area contributed by atoms with E-state index in [0.717, 1.165) is 33.9 Å². The van der Waals surface area contributed by atoms with Gasteiger partial charge in [-0.3, -0.25) is 0 Å². The number of alkyl halides is 1. The van der Waals surface area contributed by atoms with Crippen molar-refractivity contribution in [2.24, 2.45) is 0 Å². The van der Waals surface area contributed by atoms with Crippen LogP contribution >= 0.6 is 27.5 Å². The van der Waals surface area contributed by atoms with Gasteiger partial charge in [0.15, 0.2) is 0 Å². The fourth-order valence-electron chi connectivity index (χ4n) is 1.64. The van der Waals surface area contributed by atoms with Gasteiger partial charge in [-0.15, -0.1) is 0 Å². The van der Waals surface area contributed by atoms with Crippen LogP contribution in [0.1, 0.15) is 19.1 Å². The average Bonchev–Trinajstić information content (AvgIpc) is 2.85. The van der Waals surface area contributed by atoms with Gasteiger partial charge in [-0.2, -0.15) is 0 Å². The Kier molecular flexibility index (Phi) is 4.67. The Bertz CT molecular complexity index is 534. The fraction of sp³-hybridized carbons (Fsp3) is 0.200. The lowest BCUT2D eigenvalue weighted by Gasteiger charge is -1.98. The van der Waals surface area contributed by atoms with Gasteiger partial charge in [-0.05, 0) is 48.9 Å². The lowest BCUT2D eigenvalue weighted by atomic mass is 10.2. The highest BCUT2D eigenvalue weighted by atomic mass is 79.9. The highest BCUT2D eigenvalue weighted by Gasteiger charge is 2.03. The summed E-state index contributed by atoms with van der Waals surface area (Å²) < 4.78 is 5.80. The molecule has 0 saturated heterocycles. The molecule has 2 aromatic rings. The first kappa shape index (κ1) is 13.4. The maximum absolute atomic E-state index is 5.87. The molecule has 0 aliphatic carbocycles. The van der Waals surface area contributed by atoms with Crippen LogP contribution in [0.3, 0.4) is 0 Å². The van der Waals surface area contributed by atoms with E-state index in [0.29, 0.717) is 0 Å². The molecule has 0 unspecified atom stereocenters. The zero-order valence-electron chi connectivity index (χ0n) is 10.1. The zero-order chi connectivity index (χ0) is 13.0. The van der Waals surface area contributed by atoms with Crippen molar-refractivity contribution in [2.75, 3.05) is 5.33 Å². The largest absolute Gasteiger partial charge is 0.457 e. The third-order valence-electron chi connectivity index (χ3n) is 2.73. The van der Waals surface area contributed by atoms with E-state index in [1.807, 2.05) is 36.4 Å². The topological polar surface area (TPSA) is 13.1 Å². The summed E-state index contributed by atoms with van der Waals surface area (Å²) in [5.41, 5.74) is 2.35. The number of rotatable bonds is 4. The number of halogens is 2. The fourth-order valence-corrected chi connectivity index (χ4v) is 2.32. The van der Waals surface area contributed by atoms with E-state index in [4.69, 9.17) is 16.0 Å². The number of hydrogen-bond acceptors (Lipinski definition) is 1. The maximum Gasteiger partial charge on any atom is 0.134 e. The van der Waals surface area contributed by atoms with Crippen LogP contribution < -0.4 is 0 Å². The number of hydrogen-bond donors (Lipinski definition) is 0. The monoisotopic (exact) mass is 324 g/mol. The first-order valence-electron chi connectivity index (χ1n) is 5.84. The SMILES string of the molecule is CCC(=Cc1ccc(-c2ccc(Cl)cc2)o1)CBr. The summed E-state index contributed by atoms with van der Waals surface area (Å²) in [7, 11) is 0. The predicted molar refractivity (Wildman–Crippen MR) is 81.2 cm³/mol. The van der Waals surface area contributed by atoms with Crippen LogP contribution in [0, 0.1) is 0 Å². The summed E-state index contributed by atoms with van der Waals surface area (Å²) in [5.74, 6) is 1.75. The third-order valence-corrected chi connectivity index (χ3v) is 3.70. The van der Waals surface area contributed by atoms with Crippen molar-refractivity contribution in [3.05, 3.63) is 52.8 Å². The first-order valence-corrected chi connectivity index (χ1v) is 7.34. The molecule has 0 bridgehead atoms. The van der Waals surface area contributed by atoms with Crippen LogP contribution in [0.15, 0.2) is 46.4 Å². The van der Waals surface area contributed by atoms with Crippen molar-refractivity contribution in [3.8, 4) is 11.3 Å². The number of allylic oxidation sites excluding steroid dienone is 1. The summed E-state index contributed by atoms with van der Waals surface area (Å²) in [6.07, 6.45) is 3.09. The Morgan fingerprint density at radius 3 is 2.56 bits per heavy atom. The Hall–Kier alpha value is -0.990. The van der Waals surface area contributed by atoms with Crippen molar-refractivity contribution in [2.45, 2.75) is 13.3 Å². The van der Waals surface area contributed by atoms with Crippen molar-refractivity contribution in [3.63, 3.8) is 0 Å². The minimum atomic E-state index is 0.734. The first-order chi connectivity index (χ1) is 8.72. The molecule has 0 fully saturated rings. The molecule has 1 aromatic heterocycles. The molecular formula is C15H14BrClO. The average molecular weight is 326 g/mol. The molecule has 0 atom stereocenters. The molecule has 1 nitrogen and oxygen atoms in total. The molecular weight excluding hydrogens is 312 g/mol. The summed E-state index contributed by atoms with van der Waals surface area (Å²) in [4.78, 5) is 0. The lowest BCUT2D eigenvalue weighted by molar-refractivity contribution is 0.571.